The van der Waals surface area contributed by atoms with Gasteiger partial charge in [0.2, 0.25) is 0 Å². The van der Waals surface area contributed by atoms with Crippen molar-refractivity contribution in [1.29, 1.82) is 0 Å². The lowest BCUT2D eigenvalue weighted by atomic mass is 9.99. The summed E-state index contributed by atoms with van der Waals surface area (Å²) < 4.78 is 48.4. The van der Waals surface area contributed by atoms with Gasteiger partial charge in [-0.05, 0) is 66.1 Å². The van der Waals surface area contributed by atoms with Crippen molar-refractivity contribution in [2.24, 2.45) is 7.05 Å². The van der Waals surface area contributed by atoms with E-state index < -0.39 is 17.6 Å². The molecule has 0 fully saturated rings. The Morgan fingerprint density at radius 3 is 2.64 bits per heavy atom. The maximum Gasteiger partial charge on any atom is 0.416 e. The molecule has 1 aliphatic heterocycles. The summed E-state index contributed by atoms with van der Waals surface area (Å²) in [7, 11) is 1.80. The summed E-state index contributed by atoms with van der Waals surface area (Å²) in [6, 6.07) is 12.5. The Morgan fingerprint density at radius 1 is 1.13 bits per heavy atom. The van der Waals surface area contributed by atoms with Gasteiger partial charge in [0.15, 0.2) is 5.82 Å². The molecule has 0 atom stereocenters. The number of aryl methyl sites for hydroxylation is 1. The molecule has 1 N–H and O–H groups in total. The van der Waals surface area contributed by atoms with Gasteiger partial charge < -0.3 is 14.6 Å². The number of amides is 1. The van der Waals surface area contributed by atoms with Crippen LogP contribution in [0.1, 0.15) is 28.4 Å². The highest BCUT2D eigenvalue weighted by molar-refractivity contribution is 6.10. The lowest BCUT2D eigenvalue weighted by molar-refractivity contribution is -0.138. The first-order chi connectivity index (χ1) is 18.7. The summed E-state index contributed by atoms with van der Waals surface area (Å²) in [6.07, 6.45) is 2.32. The molecular weight excluding hydrogens is 509 g/mol. The molecule has 3 heterocycles. The van der Waals surface area contributed by atoms with Crippen LogP contribution in [-0.2, 0) is 19.8 Å². The molecule has 1 amide bonds. The quantitative estimate of drug-likeness (QED) is 0.331. The SMILES string of the molecule is C#CCOc1ccc(-c2cc(NCC)nc(N3Cc4c(cccc4C(F)(F)F)C3=O)c2)c(-c2nncn2C)c1. The number of nitrogens with zero attached hydrogens (tertiary/aromatic N) is 5. The summed E-state index contributed by atoms with van der Waals surface area (Å²) >= 11 is 0. The van der Waals surface area contributed by atoms with Crippen molar-refractivity contribution in [3.63, 3.8) is 0 Å². The number of pyridine rings is 1. The normalized spacial score (nSPS) is 12.8. The standard InChI is InChI=1S/C28H23F3N6O2/c1-4-11-39-18-9-10-19(21(14-18)26-35-33-16-36(26)3)17-12-24(32-5-2)34-25(13-17)37-15-22-20(27(37)38)7-6-8-23(22)28(29,30)31/h1,6-10,12-14,16H,5,11,15H2,2-3H3,(H,32,34). The number of ether oxygens (including phenoxy) is 1. The van der Waals surface area contributed by atoms with E-state index in [2.05, 4.69) is 26.4 Å². The fraction of sp³-hybridized carbons (Fsp3) is 0.214. The van der Waals surface area contributed by atoms with Gasteiger partial charge in [-0.2, -0.15) is 13.2 Å². The first-order valence-corrected chi connectivity index (χ1v) is 12.0. The minimum Gasteiger partial charge on any atom is -0.481 e. The molecule has 1 aliphatic rings. The van der Waals surface area contributed by atoms with E-state index in [4.69, 9.17) is 11.2 Å². The van der Waals surface area contributed by atoms with Crippen molar-refractivity contribution in [1.82, 2.24) is 19.7 Å². The van der Waals surface area contributed by atoms with E-state index in [0.717, 1.165) is 11.6 Å². The number of benzene rings is 2. The van der Waals surface area contributed by atoms with Gasteiger partial charge in [-0.25, -0.2) is 4.98 Å². The molecule has 0 saturated carbocycles. The molecule has 39 heavy (non-hydrogen) atoms. The van der Waals surface area contributed by atoms with Crippen LogP contribution in [0.15, 0.2) is 54.9 Å². The van der Waals surface area contributed by atoms with Crippen LogP contribution in [0, 0.1) is 12.3 Å². The Bertz CT molecular complexity index is 1610. The van der Waals surface area contributed by atoms with Crippen molar-refractivity contribution >= 4 is 17.5 Å². The average Bonchev–Trinajstić information content (AvgIpc) is 3.49. The van der Waals surface area contributed by atoms with Crippen molar-refractivity contribution in [2.75, 3.05) is 23.4 Å². The molecule has 0 radical (unpaired) electrons. The third-order valence-electron chi connectivity index (χ3n) is 6.30. The fourth-order valence-corrected chi connectivity index (χ4v) is 4.57. The summed E-state index contributed by atoms with van der Waals surface area (Å²) in [5, 5.41) is 11.4. The largest absolute Gasteiger partial charge is 0.481 e. The molecule has 198 valence electrons. The Labute approximate surface area is 222 Å². The number of carbonyl (C=O) groups excluding carboxylic acids is 1. The van der Waals surface area contributed by atoms with Gasteiger partial charge in [0.1, 0.15) is 30.3 Å². The number of terminal acetylenes is 1. The third kappa shape index (κ3) is 4.88. The van der Waals surface area contributed by atoms with Gasteiger partial charge in [-0.3, -0.25) is 9.69 Å². The van der Waals surface area contributed by atoms with Gasteiger partial charge >= 0.3 is 6.18 Å². The van der Waals surface area contributed by atoms with Crippen LogP contribution in [0.4, 0.5) is 24.8 Å². The van der Waals surface area contributed by atoms with E-state index in [9.17, 15) is 18.0 Å². The summed E-state index contributed by atoms with van der Waals surface area (Å²) in [4.78, 5) is 19.1. The van der Waals surface area contributed by atoms with Crippen molar-refractivity contribution < 1.29 is 22.7 Å². The van der Waals surface area contributed by atoms with E-state index in [0.29, 0.717) is 35.1 Å². The van der Waals surface area contributed by atoms with Crippen LogP contribution in [0.3, 0.4) is 0 Å². The molecular formula is C28H23F3N6O2. The zero-order valence-corrected chi connectivity index (χ0v) is 21.1. The number of carbonyl (C=O) groups is 1. The summed E-state index contributed by atoms with van der Waals surface area (Å²) in [6.45, 7) is 2.26. The lowest BCUT2D eigenvalue weighted by Gasteiger charge is -2.19. The molecule has 4 aromatic rings. The van der Waals surface area contributed by atoms with Crippen molar-refractivity contribution in [3.05, 3.63) is 71.5 Å². The van der Waals surface area contributed by atoms with Crippen molar-refractivity contribution in [3.8, 4) is 40.6 Å². The molecule has 0 spiro atoms. The summed E-state index contributed by atoms with van der Waals surface area (Å²) in [5.74, 6) is 3.65. The predicted molar refractivity (Wildman–Crippen MR) is 140 cm³/mol. The molecule has 2 aromatic heterocycles. The lowest BCUT2D eigenvalue weighted by Crippen LogP contribution is -2.24. The number of hydrogen-bond donors (Lipinski definition) is 1. The predicted octanol–water partition coefficient (Wildman–Crippen LogP) is 5.17. The molecule has 2 aromatic carbocycles. The number of alkyl halides is 3. The highest BCUT2D eigenvalue weighted by atomic mass is 19.4. The second-order valence-corrected chi connectivity index (χ2v) is 8.82. The van der Waals surface area contributed by atoms with Gasteiger partial charge in [0, 0.05) is 24.7 Å². The van der Waals surface area contributed by atoms with Crippen LogP contribution in [0.25, 0.3) is 22.5 Å². The monoisotopic (exact) mass is 532 g/mol. The second-order valence-electron chi connectivity index (χ2n) is 8.82. The molecule has 0 bridgehead atoms. The zero-order valence-electron chi connectivity index (χ0n) is 21.1. The molecule has 0 aliphatic carbocycles. The Morgan fingerprint density at radius 2 is 1.95 bits per heavy atom. The number of halogens is 3. The molecule has 5 rings (SSSR count). The topological polar surface area (TPSA) is 85.2 Å². The Balaban J connectivity index is 1.63. The van der Waals surface area contributed by atoms with Crippen LogP contribution in [0.2, 0.25) is 0 Å². The van der Waals surface area contributed by atoms with Crippen LogP contribution >= 0.6 is 0 Å². The van der Waals surface area contributed by atoms with E-state index in [-0.39, 0.29) is 30.1 Å². The first-order valence-electron chi connectivity index (χ1n) is 12.0. The van der Waals surface area contributed by atoms with Gasteiger partial charge in [-0.1, -0.05) is 12.0 Å². The van der Waals surface area contributed by atoms with Crippen LogP contribution < -0.4 is 15.0 Å². The smallest absolute Gasteiger partial charge is 0.416 e. The maximum atomic E-state index is 13.7. The molecule has 11 heteroatoms. The number of hydrogen-bond acceptors (Lipinski definition) is 6. The highest BCUT2D eigenvalue weighted by Crippen LogP contribution is 2.40. The summed E-state index contributed by atoms with van der Waals surface area (Å²) in [5.41, 5.74) is 1.18. The zero-order chi connectivity index (χ0) is 27.7. The Kier molecular flexibility index (Phi) is 6.70. The van der Waals surface area contributed by atoms with Gasteiger partial charge in [-0.15, -0.1) is 16.6 Å². The average molecular weight is 533 g/mol. The third-order valence-corrected chi connectivity index (χ3v) is 6.30. The van der Waals surface area contributed by atoms with Crippen LogP contribution in [-0.4, -0.2) is 38.8 Å². The molecule has 0 saturated heterocycles. The van der Waals surface area contributed by atoms with E-state index in [1.807, 2.05) is 13.0 Å². The second kappa shape index (κ2) is 10.1. The number of aromatic nitrogens is 4. The molecule has 8 nitrogen and oxygen atoms in total. The fourth-order valence-electron chi connectivity index (χ4n) is 4.57. The number of rotatable bonds is 7. The maximum absolute atomic E-state index is 13.7. The Hall–Kier alpha value is -4.85. The van der Waals surface area contributed by atoms with E-state index >= 15 is 0 Å². The number of fused-ring (bicyclic) bond motifs is 1. The van der Waals surface area contributed by atoms with Crippen LogP contribution in [0.5, 0.6) is 5.75 Å². The van der Waals surface area contributed by atoms with Crippen molar-refractivity contribution in [2.45, 2.75) is 19.6 Å². The first kappa shape index (κ1) is 25.8. The van der Waals surface area contributed by atoms with Gasteiger partial charge in [0.25, 0.3) is 5.91 Å². The minimum atomic E-state index is -4.58. The minimum absolute atomic E-state index is 0.0109. The highest BCUT2D eigenvalue weighted by Gasteiger charge is 2.40. The molecule has 0 unspecified atom stereocenters. The number of anilines is 2. The number of nitrogens with one attached hydrogen (secondary N) is 1. The van der Waals surface area contributed by atoms with E-state index in [1.165, 1.54) is 17.0 Å². The van der Waals surface area contributed by atoms with E-state index in [1.54, 1.807) is 42.2 Å². The van der Waals surface area contributed by atoms with Gasteiger partial charge in [0.05, 0.1) is 12.1 Å².